The predicted octanol–water partition coefficient (Wildman–Crippen LogP) is 4.39. The van der Waals surface area contributed by atoms with Gasteiger partial charge in [0, 0.05) is 23.2 Å². The van der Waals surface area contributed by atoms with Crippen LogP contribution in [0.1, 0.15) is 24.6 Å². The van der Waals surface area contributed by atoms with Gasteiger partial charge in [-0.3, -0.25) is 0 Å². The third-order valence-corrected chi connectivity index (χ3v) is 3.26. The van der Waals surface area contributed by atoms with Gasteiger partial charge in [0.15, 0.2) is 0 Å². The third kappa shape index (κ3) is 3.04. The molecular formula is C15H17F3N2O. The molecule has 0 radical (unpaired) electrons. The van der Waals surface area contributed by atoms with Crippen LogP contribution in [0, 0.1) is 6.92 Å². The molecule has 0 bridgehead atoms. The second kappa shape index (κ2) is 5.79. The summed E-state index contributed by atoms with van der Waals surface area (Å²) in [6.07, 6.45) is -3.66. The lowest BCUT2D eigenvalue weighted by Gasteiger charge is -2.17. The van der Waals surface area contributed by atoms with Crippen LogP contribution in [0.25, 0.3) is 10.9 Å². The van der Waals surface area contributed by atoms with Gasteiger partial charge in [-0.2, -0.15) is 13.2 Å². The maximum atomic E-state index is 13.1. The van der Waals surface area contributed by atoms with Crippen LogP contribution in [0.5, 0.6) is 5.75 Å². The average Bonchev–Trinajstić information content (AvgIpc) is 2.44. The lowest BCUT2D eigenvalue weighted by molar-refractivity contribution is -0.141. The van der Waals surface area contributed by atoms with Gasteiger partial charge >= 0.3 is 6.18 Å². The Labute approximate surface area is 121 Å². The van der Waals surface area contributed by atoms with E-state index in [-0.39, 0.29) is 5.56 Å². The topological polar surface area (TPSA) is 34.2 Å². The Bertz CT molecular complexity index is 653. The Balaban J connectivity index is 2.73. The summed E-state index contributed by atoms with van der Waals surface area (Å²) in [5.74, 6) is 0.586. The van der Waals surface area contributed by atoms with Crippen LogP contribution in [0.3, 0.4) is 0 Å². The predicted molar refractivity (Wildman–Crippen MR) is 76.8 cm³/mol. The van der Waals surface area contributed by atoms with Crippen LogP contribution in [0.2, 0.25) is 0 Å². The Hall–Kier alpha value is -1.98. The smallest absolute Gasteiger partial charge is 0.433 e. The molecule has 0 saturated heterocycles. The number of hydrogen-bond donors (Lipinski definition) is 1. The van der Waals surface area contributed by atoms with Crippen LogP contribution < -0.4 is 10.1 Å². The van der Waals surface area contributed by atoms with Crippen LogP contribution in [-0.2, 0) is 6.18 Å². The molecule has 21 heavy (non-hydrogen) atoms. The molecule has 0 atom stereocenters. The lowest BCUT2D eigenvalue weighted by atomic mass is 10.1. The van der Waals surface area contributed by atoms with Crippen LogP contribution in [0.4, 0.5) is 18.9 Å². The number of hydrogen-bond acceptors (Lipinski definition) is 3. The van der Waals surface area contributed by atoms with E-state index in [9.17, 15) is 13.2 Å². The second-order valence-corrected chi connectivity index (χ2v) is 4.77. The van der Waals surface area contributed by atoms with Gasteiger partial charge in [-0.25, -0.2) is 4.98 Å². The van der Waals surface area contributed by atoms with E-state index in [1.54, 1.807) is 18.2 Å². The summed E-state index contributed by atoms with van der Waals surface area (Å²) in [6, 6.07) is 4.85. The fraction of sp³-hybridized carbons (Fsp3) is 0.400. The molecular weight excluding hydrogens is 281 g/mol. The molecule has 1 heterocycles. The molecule has 2 aromatic rings. The number of alkyl halides is 3. The van der Waals surface area contributed by atoms with Gasteiger partial charge in [0.1, 0.15) is 11.4 Å². The number of benzene rings is 1. The number of methoxy groups -OCH3 is 1. The Kier molecular flexibility index (Phi) is 4.25. The van der Waals surface area contributed by atoms with E-state index in [1.165, 1.54) is 14.0 Å². The molecule has 0 amide bonds. The summed E-state index contributed by atoms with van der Waals surface area (Å²) < 4.78 is 44.5. The standard InChI is InChI=1S/C15H17F3N2O/c1-4-7-19-13-9(2)14(15(16,17)18)20-12-6-5-10(21-3)8-11(12)13/h5-6,8H,4,7H2,1-3H3,(H,19,20). The molecule has 0 fully saturated rings. The number of ether oxygens (including phenoxy) is 1. The second-order valence-electron chi connectivity index (χ2n) is 4.77. The first kappa shape index (κ1) is 15.4. The molecule has 0 saturated carbocycles. The molecule has 0 aliphatic rings. The van der Waals surface area contributed by atoms with Crippen molar-refractivity contribution in [1.29, 1.82) is 0 Å². The van der Waals surface area contributed by atoms with Crippen molar-refractivity contribution in [3.63, 3.8) is 0 Å². The number of aromatic nitrogens is 1. The van der Waals surface area contributed by atoms with Gasteiger partial charge in [-0.05, 0) is 31.5 Å². The summed E-state index contributed by atoms with van der Waals surface area (Å²) in [7, 11) is 1.52. The molecule has 1 N–H and O–H groups in total. The highest BCUT2D eigenvalue weighted by atomic mass is 19.4. The number of rotatable bonds is 4. The van der Waals surface area contributed by atoms with Crippen molar-refractivity contribution < 1.29 is 17.9 Å². The monoisotopic (exact) mass is 298 g/mol. The summed E-state index contributed by atoms with van der Waals surface area (Å²) >= 11 is 0. The fourth-order valence-electron chi connectivity index (χ4n) is 2.22. The summed E-state index contributed by atoms with van der Waals surface area (Å²) in [6.45, 7) is 3.98. The lowest BCUT2D eigenvalue weighted by Crippen LogP contribution is -2.14. The van der Waals surface area contributed by atoms with Crippen molar-refractivity contribution >= 4 is 16.6 Å². The van der Waals surface area contributed by atoms with Crippen molar-refractivity contribution in [3.8, 4) is 5.75 Å². The summed E-state index contributed by atoms with van der Waals surface area (Å²) in [5.41, 5.74) is 0.0240. The van der Waals surface area contributed by atoms with Crippen molar-refractivity contribution in [2.75, 3.05) is 19.0 Å². The number of anilines is 1. The maximum Gasteiger partial charge on any atom is 0.433 e. The van der Waals surface area contributed by atoms with Crippen LogP contribution >= 0.6 is 0 Å². The van der Waals surface area contributed by atoms with Crippen LogP contribution in [0.15, 0.2) is 18.2 Å². The zero-order chi connectivity index (χ0) is 15.6. The zero-order valence-electron chi connectivity index (χ0n) is 12.1. The molecule has 0 aliphatic carbocycles. The average molecular weight is 298 g/mol. The van der Waals surface area contributed by atoms with E-state index in [4.69, 9.17) is 4.74 Å². The van der Waals surface area contributed by atoms with Gasteiger partial charge in [0.2, 0.25) is 0 Å². The summed E-state index contributed by atoms with van der Waals surface area (Å²) in [4.78, 5) is 3.77. The normalized spacial score (nSPS) is 11.7. The van der Waals surface area contributed by atoms with E-state index in [1.807, 2.05) is 6.92 Å². The molecule has 0 spiro atoms. The first-order chi connectivity index (χ1) is 9.88. The molecule has 3 nitrogen and oxygen atoms in total. The first-order valence-electron chi connectivity index (χ1n) is 6.68. The number of nitrogens with one attached hydrogen (secondary N) is 1. The molecule has 1 aromatic heterocycles. The largest absolute Gasteiger partial charge is 0.497 e. The highest BCUT2D eigenvalue weighted by Gasteiger charge is 2.36. The minimum absolute atomic E-state index is 0.108. The third-order valence-electron chi connectivity index (χ3n) is 3.26. The molecule has 1 aromatic carbocycles. The fourth-order valence-corrected chi connectivity index (χ4v) is 2.22. The van der Waals surface area contributed by atoms with E-state index >= 15 is 0 Å². The molecule has 0 unspecified atom stereocenters. The molecule has 114 valence electrons. The quantitative estimate of drug-likeness (QED) is 0.909. The highest BCUT2D eigenvalue weighted by molar-refractivity contribution is 5.94. The van der Waals surface area contributed by atoms with Gasteiger partial charge < -0.3 is 10.1 Å². The van der Waals surface area contributed by atoms with Crippen LogP contribution in [-0.4, -0.2) is 18.6 Å². The van der Waals surface area contributed by atoms with E-state index in [0.29, 0.717) is 28.9 Å². The SMILES string of the molecule is CCCNc1c(C)c(C(F)(F)F)nc2ccc(OC)cc12. The molecule has 2 rings (SSSR count). The van der Waals surface area contributed by atoms with E-state index in [0.717, 1.165) is 6.42 Å². The summed E-state index contributed by atoms with van der Waals surface area (Å²) in [5, 5.41) is 3.71. The van der Waals surface area contributed by atoms with Crippen molar-refractivity contribution in [3.05, 3.63) is 29.5 Å². The number of halogens is 3. The minimum Gasteiger partial charge on any atom is -0.497 e. The maximum absolute atomic E-state index is 13.1. The van der Waals surface area contributed by atoms with Gasteiger partial charge in [-0.1, -0.05) is 6.92 Å². The van der Waals surface area contributed by atoms with E-state index < -0.39 is 11.9 Å². The number of pyridine rings is 1. The van der Waals surface area contributed by atoms with Gasteiger partial charge in [0.25, 0.3) is 0 Å². The molecule has 6 heteroatoms. The Morgan fingerprint density at radius 3 is 2.57 bits per heavy atom. The van der Waals surface area contributed by atoms with E-state index in [2.05, 4.69) is 10.3 Å². The first-order valence-corrected chi connectivity index (χ1v) is 6.68. The molecule has 0 aliphatic heterocycles. The van der Waals surface area contributed by atoms with Gasteiger partial charge in [-0.15, -0.1) is 0 Å². The zero-order valence-corrected chi connectivity index (χ0v) is 12.1. The Morgan fingerprint density at radius 1 is 1.29 bits per heavy atom. The van der Waals surface area contributed by atoms with Gasteiger partial charge in [0.05, 0.1) is 12.6 Å². The number of nitrogens with zero attached hydrogens (tertiary/aromatic N) is 1. The van der Waals surface area contributed by atoms with Crippen molar-refractivity contribution in [2.24, 2.45) is 0 Å². The van der Waals surface area contributed by atoms with Crippen molar-refractivity contribution in [2.45, 2.75) is 26.4 Å². The minimum atomic E-state index is -4.47. The number of fused-ring (bicyclic) bond motifs is 1. The highest BCUT2D eigenvalue weighted by Crippen LogP contribution is 2.38. The van der Waals surface area contributed by atoms with Crippen molar-refractivity contribution in [1.82, 2.24) is 4.98 Å². The Morgan fingerprint density at radius 2 is 2.00 bits per heavy atom.